The fourth-order valence-corrected chi connectivity index (χ4v) is 3.72. The van der Waals surface area contributed by atoms with E-state index in [-0.39, 0.29) is 27.7 Å². The molecule has 1 atom stereocenters. The number of aromatic nitrogens is 1. The maximum Gasteiger partial charge on any atom is 0.273 e. The Hall–Kier alpha value is -3.73. The zero-order valence-electron chi connectivity index (χ0n) is 17.6. The SMILES string of the molecule is CC(C)(C)NC(=O)[C@@H](c1ccco1)N(C(=O)c1snc(C(N)=O)c1N)c1ccc(F)cc1. The van der Waals surface area contributed by atoms with Gasteiger partial charge in [0.2, 0.25) is 0 Å². The van der Waals surface area contributed by atoms with E-state index in [1.165, 1.54) is 18.4 Å². The van der Waals surface area contributed by atoms with Crippen LogP contribution in [0.25, 0.3) is 0 Å². The topological polar surface area (TPSA) is 145 Å². The lowest BCUT2D eigenvalue weighted by Crippen LogP contribution is -2.49. The van der Waals surface area contributed by atoms with Crippen molar-refractivity contribution in [3.8, 4) is 0 Å². The summed E-state index contributed by atoms with van der Waals surface area (Å²) in [7, 11) is 0. The number of carbonyl (C=O) groups excluding carboxylic acids is 3. The number of nitrogens with zero attached hydrogens (tertiary/aromatic N) is 2. The van der Waals surface area contributed by atoms with Gasteiger partial charge in [0, 0.05) is 11.2 Å². The predicted octanol–water partition coefficient (Wildman–Crippen LogP) is 2.86. The number of nitrogens with one attached hydrogen (secondary N) is 1. The summed E-state index contributed by atoms with van der Waals surface area (Å²) < 4.78 is 22.9. The Kier molecular flexibility index (Phi) is 6.30. The van der Waals surface area contributed by atoms with E-state index in [4.69, 9.17) is 15.9 Å². The first-order valence-corrected chi connectivity index (χ1v) is 10.3. The number of nitrogen functional groups attached to an aromatic ring is 1. The Balaban J connectivity index is 2.18. The molecule has 5 N–H and O–H groups in total. The largest absolute Gasteiger partial charge is 0.467 e. The third-order valence-electron chi connectivity index (χ3n) is 4.30. The van der Waals surface area contributed by atoms with Gasteiger partial charge in [0.1, 0.15) is 16.5 Å². The first kappa shape index (κ1) is 22.9. The summed E-state index contributed by atoms with van der Waals surface area (Å²) in [5, 5.41) is 2.83. The number of hydrogen-bond donors (Lipinski definition) is 3. The smallest absolute Gasteiger partial charge is 0.273 e. The van der Waals surface area contributed by atoms with Gasteiger partial charge in [-0.15, -0.1) is 0 Å². The molecule has 11 heteroatoms. The lowest BCUT2D eigenvalue weighted by atomic mass is 10.1. The van der Waals surface area contributed by atoms with E-state index in [1.54, 1.807) is 32.9 Å². The van der Waals surface area contributed by atoms with Crippen LogP contribution in [0.5, 0.6) is 0 Å². The summed E-state index contributed by atoms with van der Waals surface area (Å²) in [6.45, 7) is 5.36. The van der Waals surface area contributed by atoms with Crippen molar-refractivity contribution in [2.24, 2.45) is 5.73 Å². The van der Waals surface area contributed by atoms with Crippen LogP contribution in [0, 0.1) is 5.82 Å². The van der Waals surface area contributed by atoms with Crippen LogP contribution in [0.3, 0.4) is 0 Å². The lowest BCUT2D eigenvalue weighted by Gasteiger charge is -2.32. The molecular formula is C21H22FN5O4S. The molecule has 0 bridgehead atoms. The molecule has 168 valence electrons. The molecule has 0 aliphatic rings. The summed E-state index contributed by atoms with van der Waals surface area (Å²) in [6.07, 6.45) is 1.37. The van der Waals surface area contributed by atoms with Gasteiger partial charge in [-0.05, 0) is 68.7 Å². The van der Waals surface area contributed by atoms with Crippen molar-refractivity contribution in [2.75, 3.05) is 10.6 Å². The maximum atomic E-state index is 13.6. The summed E-state index contributed by atoms with van der Waals surface area (Å²) in [6, 6.07) is 6.86. The molecule has 0 radical (unpaired) electrons. The zero-order chi connectivity index (χ0) is 23.6. The third-order valence-corrected chi connectivity index (χ3v) is 5.15. The Morgan fingerprint density at radius 1 is 1.19 bits per heavy atom. The second-order valence-electron chi connectivity index (χ2n) is 7.95. The molecule has 0 unspecified atom stereocenters. The van der Waals surface area contributed by atoms with Gasteiger partial charge in [0.15, 0.2) is 11.7 Å². The van der Waals surface area contributed by atoms with Gasteiger partial charge in [0.25, 0.3) is 17.7 Å². The molecule has 2 heterocycles. The highest BCUT2D eigenvalue weighted by Gasteiger charge is 2.38. The quantitative estimate of drug-likeness (QED) is 0.517. The van der Waals surface area contributed by atoms with Crippen LogP contribution in [0.15, 0.2) is 47.1 Å². The molecule has 3 rings (SSSR count). The summed E-state index contributed by atoms with van der Waals surface area (Å²) in [5.74, 6) is -2.52. The number of hydrogen-bond acceptors (Lipinski definition) is 7. The highest BCUT2D eigenvalue weighted by atomic mass is 32.1. The highest BCUT2D eigenvalue weighted by molar-refractivity contribution is 7.09. The van der Waals surface area contributed by atoms with E-state index in [0.29, 0.717) is 11.5 Å². The number of nitrogens with two attached hydrogens (primary N) is 2. The number of halogens is 1. The summed E-state index contributed by atoms with van der Waals surface area (Å²) in [4.78, 5) is 39.5. The Morgan fingerprint density at radius 2 is 1.84 bits per heavy atom. The third kappa shape index (κ3) is 4.78. The number of furan rings is 1. The van der Waals surface area contributed by atoms with Crippen molar-refractivity contribution in [2.45, 2.75) is 32.4 Å². The Labute approximate surface area is 187 Å². The van der Waals surface area contributed by atoms with E-state index in [1.807, 2.05) is 0 Å². The molecule has 0 fully saturated rings. The average molecular weight is 460 g/mol. The van der Waals surface area contributed by atoms with Gasteiger partial charge in [-0.2, -0.15) is 4.37 Å². The minimum atomic E-state index is -1.26. The molecule has 0 saturated heterocycles. The van der Waals surface area contributed by atoms with Crippen LogP contribution in [0.4, 0.5) is 15.8 Å². The average Bonchev–Trinajstić information content (AvgIpc) is 3.34. The Bertz CT molecular complexity index is 1140. The standard InChI is InChI=1S/C21H22FN5O4S/c1-21(2,3)25-19(29)16(13-5-4-10-31-13)27(12-8-6-11(22)7-9-12)20(30)17-14(23)15(18(24)28)26-32-17/h4-10,16H,23H2,1-3H3,(H2,24,28)(H,25,29)/t16-/m1/s1. The first-order chi connectivity index (χ1) is 15.0. The lowest BCUT2D eigenvalue weighted by molar-refractivity contribution is -0.124. The molecule has 0 saturated carbocycles. The van der Waals surface area contributed by atoms with Crippen LogP contribution >= 0.6 is 11.5 Å². The second kappa shape index (κ2) is 8.79. The molecule has 3 amide bonds. The molecular weight excluding hydrogens is 437 g/mol. The fourth-order valence-electron chi connectivity index (χ4n) is 2.98. The number of amides is 3. The number of carbonyl (C=O) groups is 3. The summed E-state index contributed by atoms with van der Waals surface area (Å²) >= 11 is 0.675. The first-order valence-electron chi connectivity index (χ1n) is 9.49. The highest BCUT2D eigenvalue weighted by Crippen LogP contribution is 2.33. The molecule has 0 aliphatic heterocycles. The van der Waals surface area contributed by atoms with E-state index in [2.05, 4.69) is 9.69 Å². The van der Waals surface area contributed by atoms with E-state index in [0.717, 1.165) is 17.0 Å². The van der Waals surface area contributed by atoms with E-state index in [9.17, 15) is 18.8 Å². The van der Waals surface area contributed by atoms with Crippen LogP contribution in [0.1, 0.15) is 52.7 Å². The van der Waals surface area contributed by atoms with Gasteiger partial charge in [-0.3, -0.25) is 19.3 Å². The Morgan fingerprint density at radius 3 is 2.34 bits per heavy atom. The van der Waals surface area contributed by atoms with Crippen LogP contribution in [0.2, 0.25) is 0 Å². The van der Waals surface area contributed by atoms with Gasteiger partial charge in [0.05, 0.1) is 12.0 Å². The number of rotatable bonds is 6. The molecule has 2 aromatic heterocycles. The molecule has 0 spiro atoms. The van der Waals surface area contributed by atoms with Crippen molar-refractivity contribution in [1.29, 1.82) is 0 Å². The van der Waals surface area contributed by atoms with E-state index >= 15 is 0 Å². The van der Waals surface area contributed by atoms with Gasteiger partial charge < -0.3 is 21.2 Å². The molecule has 3 aromatic rings. The normalized spacial score (nSPS) is 12.2. The van der Waals surface area contributed by atoms with Crippen molar-refractivity contribution >= 4 is 40.6 Å². The maximum absolute atomic E-state index is 13.6. The number of benzene rings is 1. The second-order valence-corrected chi connectivity index (χ2v) is 8.72. The molecule has 9 nitrogen and oxygen atoms in total. The van der Waals surface area contributed by atoms with Crippen molar-refractivity contribution < 1.29 is 23.2 Å². The summed E-state index contributed by atoms with van der Waals surface area (Å²) in [5.41, 5.74) is 10.4. The predicted molar refractivity (Wildman–Crippen MR) is 118 cm³/mol. The minimum Gasteiger partial charge on any atom is -0.467 e. The number of anilines is 2. The molecule has 32 heavy (non-hydrogen) atoms. The van der Waals surface area contributed by atoms with Crippen LogP contribution in [-0.4, -0.2) is 27.6 Å². The molecule has 1 aromatic carbocycles. The van der Waals surface area contributed by atoms with Crippen LogP contribution < -0.4 is 21.7 Å². The van der Waals surface area contributed by atoms with Crippen molar-refractivity contribution in [3.63, 3.8) is 0 Å². The van der Waals surface area contributed by atoms with Gasteiger partial charge in [-0.1, -0.05) is 0 Å². The van der Waals surface area contributed by atoms with Crippen molar-refractivity contribution in [1.82, 2.24) is 9.69 Å². The van der Waals surface area contributed by atoms with Crippen LogP contribution in [-0.2, 0) is 4.79 Å². The van der Waals surface area contributed by atoms with Crippen molar-refractivity contribution in [3.05, 3.63) is 64.8 Å². The minimum absolute atomic E-state index is 0.0942. The molecule has 0 aliphatic carbocycles. The zero-order valence-corrected chi connectivity index (χ0v) is 18.4. The van der Waals surface area contributed by atoms with Gasteiger partial charge >= 0.3 is 0 Å². The van der Waals surface area contributed by atoms with E-state index < -0.39 is 35.1 Å². The van der Waals surface area contributed by atoms with Gasteiger partial charge in [-0.25, -0.2) is 4.39 Å². The monoisotopic (exact) mass is 459 g/mol. The number of primary amides is 1. The fraction of sp³-hybridized carbons (Fsp3) is 0.238.